The van der Waals surface area contributed by atoms with Crippen LogP contribution in [0.25, 0.3) is 4.85 Å². The van der Waals surface area contributed by atoms with Gasteiger partial charge in [-0.15, -0.1) is 11.8 Å². The second-order valence-corrected chi connectivity index (χ2v) is 8.28. The highest BCUT2D eigenvalue weighted by Crippen LogP contribution is 2.39. The van der Waals surface area contributed by atoms with Gasteiger partial charge in [0.2, 0.25) is 5.69 Å². The Morgan fingerprint density at radius 1 is 1.41 bits per heavy atom. The monoisotopic (exact) mass is 410 g/mol. The molecule has 0 bridgehead atoms. The summed E-state index contributed by atoms with van der Waals surface area (Å²) in [6.45, 7) is 14.3. The number of hydrogen-bond donors (Lipinski definition) is 1. The molecule has 0 saturated carbocycles. The number of thioether (sulfide) groups is 1. The van der Waals surface area contributed by atoms with E-state index in [0.29, 0.717) is 40.9 Å². The van der Waals surface area contributed by atoms with Gasteiger partial charge < -0.3 is 10.0 Å². The zero-order valence-electron chi connectivity index (χ0n) is 16.9. The minimum Gasteiger partial charge on any atom is -0.394 e. The number of pyridine rings is 1. The average Bonchev–Trinajstić information content (AvgIpc) is 3.19. The smallest absolute Gasteiger partial charge is 0.232 e. The Kier molecular flexibility index (Phi) is 7.13. The number of aliphatic hydroxyl groups excluding tert-OH is 1. The number of rotatable bonds is 7. The van der Waals surface area contributed by atoms with Gasteiger partial charge in [0.25, 0.3) is 0 Å². The number of nitrogens with zero attached hydrogens (tertiary/aromatic N) is 6. The summed E-state index contributed by atoms with van der Waals surface area (Å²) in [5, 5.41) is 23.7. The third-order valence-corrected chi connectivity index (χ3v) is 6.32. The lowest BCUT2D eigenvalue weighted by molar-refractivity contribution is 0.269. The highest BCUT2D eigenvalue weighted by Gasteiger charge is 2.25. The van der Waals surface area contributed by atoms with Crippen LogP contribution in [0, 0.1) is 23.8 Å². The van der Waals surface area contributed by atoms with Crippen molar-refractivity contribution in [1.29, 1.82) is 5.26 Å². The first-order valence-electron chi connectivity index (χ1n) is 9.95. The Balaban J connectivity index is 1.93. The van der Waals surface area contributed by atoms with Crippen molar-refractivity contribution in [2.75, 3.05) is 24.6 Å². The molecule has 0 unspecified atom stereocenters. The van der Waals surface area contributed by atoms with Gasteiger partial charge in [0.15, 0.2) is 0 Å². The minimum atomic E-state index is 0.0458. The SMILES string of the molecule is [C-]#[N+]c1c(N2CCC(C)CC2)nc(SCc2cnn(CCO)c2)c(C#N)c1CC. The molecule has 1 aliphatic heterocycles. The van der Waals surface area contributed by atoms with Gasteiger partial charge in [0.05, 0.1) is 31.5 Å². The molecular formula is C21H26N6OS. The summed E-state index contributed by atoms with van der Waals surface area (Å²) >= 11 is 1.50. The highest BCUT2D eigenvalue weighted by molar-refractivity contribution is 7.98. The van der Waals surface area contributed by atoms with Crippen LogP contribution in [0.4, 0.5) is 11.5 Å². The van der Waals surface area contributed by atoms with Crippen molar-refractivity contribution in [3.63, 3.8) is 0 Å². The fraction of sp³-hybridized carbons (Fsp3) is 0.524. The molecule has 0 aromatic carbocycles. The van der Waals surface area contributed by atoms with Crippen LogP contribution in [-0.2, 0) is 18.7 Å². The number of nitriles is 1. The number of hydrogen-bond acceptors (Lipinski definition) is 6. The molecule has 29 heavy (non-hydrogen) atoms. The van der Waals surface area contributed by atoms with E-state index in [1.807, 2.05) is 13.1 Å². The molecule has 0 aliphatic carbocycles. The van der Waals surface area contributed by atoms with Crippen molar-refractivity contribution in [3.8, 4) is 6.07 Å². The predicted molar refractivity (Wildman–Crippen MR) is 114 cm³/mol. The van der Waals surface area contributed by atoms with Gasteiger partial charge in [-0.2, -0.15) is 10.4 Å². The second kappa shape index (κ2) is 9.78. The summed E-state index contributed by atoms with van der Waals surface area (Å²) < 4.78 is 1.70. The largest absolute Gasteiger partial charge is 0.394 e. The van der Waals surface area contributed by atoms with Crippen molar-refractivity contribution in [1.82, 2.24) is 14.8 Å². The Bertz CT molecular complexity index is 934. The van der Waals surface area contributed by atoms with Crippen molar-refractivity contribution >= 4 is 23.3 Å². The van der Waals surface area contributed by atoms with Crippen LogP contribution in [0.15, 0.2) is 17.4 Å². The highest BCUT2D eigenvalue weighted by atomic mass is 32.2. The molecule has 2 aromatic heterocycles. The molecule has 0 amide bonds. The molecule has 1 saturated heterocycles. The van der Waals surface area contributed by atoms with E-state index in [4.69, 9.17) is 16.7 Å². The molecule has 3 rings (SSSR count). The van der Waals surface area contributed by atoms with Gasteiger partial charge in [-0.25, -0.2) is 9.83 Å². The lowest BCUT2D eigenvalue weighted by Crippen LogP contribution is -2.33. The summed E-state index contributed by atoms with van der Waals surface area (Å²) in [6, 6.07) is 2.29. The molecule has 152 valence electrons. The maximum Gasteiger partial charge on any atom is 0.232 e. The number of aromatic nitrogens is 3. The van der Waals surface area contributed by atoms with E-state index in [-0.39, 0.29) is 6.61 Å². The summed E-state index contributed by atoms with van der Waals surface area (Å²) in [6.07, 6.45) is 6.48. The molecule has 1 N–H and O–H groups in total. The van der Waals surface area contributed by atoms with Gasteiger partial charge in [0, 0.05) is 30.6 Å². The predicted octanol–water partition coefficient (Wildman–Crippen LogP) is 3.78. The normalized spacial score (nSPS) is 14.6. The van der Waals surface area contributed by atoms with Crippen molar-refractivity contribution < 1.29 is 5.11 Å². The number of anilines is 1. The fourth-order valence-corrected chi connectivity index (χ4v) is 4.48. The first kappa shape index (κ1) is 21.2. The molecule has 7 nitrogen and oxygen atoms in total. The minimum absolute atomic E-state index is 0.0458. The van der Waals surface area contributed by atoms with E-state index in [2.05, 4.69) is 27.8 Å². The summed E-state index contributed by atoms with van der Waals surface area (Å²) in [7, 11) is 0. The third kappa shape index (κ3) is 4.72. The van der Waals surface area contributed by atoms with Crippen LogP contribution in [0.2, 0.25) is 0 Å². The lowest BCUT2D eigenvalue weighted by Gasteiger charge is -2.32. The van der Waals surface area contributed by atoms with Gasteiger partial charge in [-0.1, -0.05) is 13.8 Å². The Morgan fingerprint density at radius 2 is 2.17 bits per heavy atom. The van der Waals surface area contributed by atoms with Crippen LogP contribution < -0.4 is 4.90 Å². The first-order chi connectivity index (χ1) is 14.1. The van der Waals surface area contributed by atoms with Crippen LogP contribution in [0.1, 0.15) is 43.4 Å². The van der Waals surface area contributed by atoms with Crippen LogP contribution >= 0.6 is 11.8 Å². The maximum absolute atomic E-state index is 9.79. The molecule has 0 spiro atoms. The standard InChI is InChI=1S/C21H26N6OS/c1-4-17-18(11-22)21(29-14-16-12-24-27(13-16)9-10-28)25-20(19(17)23-3)26-7-5-15(2)6-8-26/h12-13,15,28H,4-10,14H2,1-2H3. The summed E-state index contributed by atoms with van der Waals surface area (Å²) in [5.41, 5.74) is 2.85. The molecule has 2 aromatic rings. The molecule has 3 heterocycles. The topological polar surface area (TPSA) is 82.3 Å². The van der Waals surface area contributed by atoms with Gasteiger partial charge in [0.1, 0.15) is 16.9 Å². The van der Waals surface area contributed by atoms with Crippen LogP contribution in [0.3, 0.4) is 0 Å². The average molecular weight is 411 g/mol. The summed E-state index contributed by atoms with van der Waals surface area (Å²) in [4.78, 5) is 10.8. The maximum atomic E-state index is 9.79. The molecule has 0 atom stereocenters. The number of aliphatic hydroxyl groups is 1. The van der Waals surface area contributed by atoms with E-state index in [1.54, 1.807) is 10.9 Å². The number of piperidine rings is 1. The van der Waals surface area contributed by atoms with E-state index >= 15 is 0 Å². The van der Waals surface area contributed by atoms with E-state index in [0.717, 1.165) is 42.9 Å². The van der Waals surface area contributed by atoms with Crippen molar-refractivity contribution in [2.45, 2.75) is 50.4 Å². The first-order valence-corrected chi connectivity index (χ1v) is 10.9. The van der Waals surface area contributed by atoms with Gasteiger partial charge in [-0.05, 0) is 30.7 Å². The van der Waals surface area contributed by atoms with E-state index in [1.165, 1.54) is 11.8 Å². The molecule has 1 aliphatic rings. The molecule has 0 radical (unpaired) electrons. The second-order valence-electron chi connectivity index (χ2n) is 7.31. The molecule has 8 heteroatoms. The fourth-order valence-electron chi connectivity index (χ4n) is 3.57. The van der Waals surface area contributed by atoms with Crippen LogP contribution in [-0.4, -0.2) is 39.6 Å². The molecular weight excluding hydrogens is 384 g/mol. The quantitative estimate of drug-likeness (QED) is 0.552. The Hall–Kier alpha value is -2.55. The third-order valence-electron chi connectivity index (χ3n) is 5.27. The van der Waals surface area contributed by atoms with E-state index in [9.17, 15) is 5.26 Å². The molecule has 1 fully saturated rings. The van der Waals surface area contributed by atoms with Gasteiger partial charge >= 0.3 is 0 Å². The lowest BCUT2D eigenvalue weighted by atomic mass is 9.98. The summed E-state index contributed by atoms with van der Waals surface area (Å²) in [5.74, 6) is 2.04. The zero-order valence-corrected chi connectivity index (χ0v) is 17.7. The van der Waals surface area contributed by atoms with Crippen molar-refractivity contribution in [2.24, 2.45) is 5.92 Å². The van der Waals surface area contributed by atoms with E-state index < -0.39 is 0 Å². The van der Waals surface area contributed by atoms with Crippen molar-refractivity contribution in [3.05, 3.63) is 40.5 Å². The zero-order chi connectivity index (χ0) is 20.8. The Labute approximate surface area is 176 Å². The Morgan fingerprint density at radius 3 is 2.79 bits per heavy atom. The van der Waals surface area contributed by atoms with Crippen LogP contribution in [0.5, 0.6) is 0 Å². The van der Waals surface area contributed by atoms with Gasteiger partial charge in [-0.3, -0.25) is 4.68 Å².